The first-order valence-electron chi connectivity index (χ1n) is 7.23. The molecule has 2 N–H and O–H groups in total. The third kappa shape index (κ3) is 3.31. The van der Waals surface area contributed by atoms with Gasteiger partial charge in [0.05, 0.1) is 11.3 Å². The average Bonchev–Trinajstić information content (AvgIpc) is 2.78. The van der Waals surface area contributed by atoms with Gasteiger partial charge in [-0.1, -0.05) is 46.8 Å². The Morgan fingerprint density at radius 1 is 1.10 bits per heavy atom. The van der Waals surface area contributed by atoms with Crippen LogP contribution >= 0.6 is 31.9 Å². The van der Waals surface area contributed by atoms with Gasteiger partial charge in [-0.05, 0) is 40.9 Å². The van der Waals surface area contributed by atoms with Crippen molar-refractivity contribution in [3.05, 3.63) is 26.9 Å². The number of hydrogen-bond acceptors (Lipinski definition) is 4. The molecule has 21 heavy (non-hydrogen) atoms. The van der Waals surface area contributed by atoms with E-state index in [2.05, 4.69) is 42.0 Å². The molecule has 0 aliphatic heterocycles. The Hall–Kier alpha value is -0.880. The Labute approximate surface area is 140 Å². The first kappa shape index (κ1) is 15.0. The van der Waals surface area contributed by atoms with Gasteiger partial charge in [0.2, 0.25) is 0 Å². The zero-order valence-electron chi connectivity index (χ0n) is 11.6. The predicted octanol–water partition coefficient (Wildman–Crippen LogP) is 5.28. The van der Waals surface area contributed by atoms with Crippen LogP contribution in [0.3, 0.4) is 0 Å². The Kier molecular flexibility index (Phi) is 4.64. The molecule has 0 unspecified atom stereocenters. The highest BCUT2D eigenvalue weighted by molar-refractivity contribution is 9.11. The quantitative estimate of drug-likeness (QED) is 0.536. The lowest BCUT2D eigenvalue weighted by atomic mass is 10.00. The van der Waals surface area contributed by atoms with Crippen LogP contribution in [-0.4, -0.2) is 10.1 Å². The molecule has 0 atom stereocenters. The third-order valence-corrected chi connectivity index (χ3v) is 5.10. The van der Waals surface area contributed by atoms with Crippen LogP contribution in [0.2, 0.25) is 0 Å². The van der Waals surface area contributed by atoms with Gasteiger partial charge in [0, 0.05) is 14.9 Å². The van der Waals surface area contributed by atoms with E-state index < -0.39 is 0 Å². The van der Waals surface area contributed by atoms with Gasteiger partial charge in [0.25, 0.3) is 5.89 Å². The van der Waals surface area contributed by atoms with Crippen molar-refractivity contribution in [2.24, 2.45) is 0 Å². The van der Waals surface area contributed by atoms with Crippen LogP contribution in [-0.2, 0) is 0 Å². The molecule has 0 radical (unpaired) electrons. The van der Waals surface area contributed by atoms with Gasteiger partial charge < -0.3 is 10.3 Å². The summed E-state index contributed by atoms with van der Waals surface area (Å²) in [6, 6.07) is 3.81. The van der Waals surface area contributed by atoms with Crippen LogP contribution < -0.4 is 5.73 Å². The number of rotatable bonds is 2. The summed E-state index contributed by atoms with van der Waals surface area (Å²) in [7, 11) is 0. The second-order valence-electron chi connectivity index (χ2n) is 5.50. The molecule has 1 aromatic heterocycles. The number of anilines is 1. The molecule has 1 heterocycles. The minimum atomic E-state index is 0.418. The molecule has 0 saturated heterocycles. The van der Waals surface area contributed by atoms with E-state index in [9.17, 15) is 0 Å². The summed E-state index contributed by atoms with van der Waals surface area (Å²) in [5.41, 5.74) is 7.49. The van der Waals surface area contributed by atoms with Gasteiger partial charge in [0.1, 0.15) is 0 Å². The smallest absolute Gasteiger partial charge is 0.260 e. The number of benzene rings is 1. The molecule has 1 aliphatic carbocycles. The van der Waals surface area contributed by atoms with Crippen LogP contribution in [0.4, 0.5) is 5.69 Å². The number of hydrogen-bond donors (Lipinski definition) is 1. The summed E-state index contributed by atoms with van der Waals surface area (Å²) in [5, 5.41) is 4.19. The van der Waals surface area contributed by atoms with Gasteiger partial charge >= 0.3 is 0 Å². The number of nitrogens with zero attached hydrogens (tertiary/aromatic N) is 2. The largest absolute Gasteiger partial charge is 0.397 e. The molecule has 0 bridgehead atoms. The number of nitrogens with two attached hydrogens (primary N) is 1. The van der Waals surface area contributed by atoms with Gasteiger partial charge in [-0.2, -0.15) is 4.98 Å². The first-order valence-corrected chi connectivity index (χ1v) is 8.82. The zero-order chi connectivity index (χ0) is 14.8. The molecule has 4 nitrogen and oxygen atoms in total. The molecule has 1 saturated carbocycles. The highest BCUT2D eigenvalue weighted by Gasteiger charge is 2.21. The lowest BCUT2D eigenvalue weighted by Gasteiger charge is -2.07. The van der Waals surface area contributed by atoms with Gasteiger partial charge in [-0.15, -0.1) is 0 Å². The summed E-state index contributed by atoms with van der Waals surface area (Å²) in [6.45, 7) is 0. The van der Waals surface area contributed by atoms with Crippen molar-refractivity contribution in [3.63, 3.8) is 0 Å². The summed E-state index contributed by atoms with van der Waals surface area (Å²) < 4.78 is 7.20. The second kappa shape index (κ2) is 6.48. The normalized spacial score (nSPS) is 16.9. The summed E-state index contributed by atoms with van der Waals surface area (Å²) in [5.74, 6) is 1.73. The van der Waals surface area contributed by atoms with Crippen LogP contribution in [0.25, 0.3) is 11.5 Å². The minimum absolute atomic E-state index is 0.418. The fraction of sp³-hybridized carbons (Fsp3) is 0.467. The van der Waals surface area contributed by atoms with Crippen molar-refractivity contribution >= 4 is 37.5 Å². The lowest BCUT2D eigenvalue weighted by Crippen LogP contribution is -1.99. The molecule has 6 heteroatoms. The van der Waals surface area contributed by atoms with E-state index >= 15 is 0 Å². The van der Waals surface area contributed by atoms with Crippen molar-refractivity contribution in [2.75, 3.05) is 5.73 Å². The van der Waals surface area contributed by atoms with E-state index in [4.69, 9.17) is 10.3 Å². The second-order valence-corrected chi connectivity index (χ2v) is 7.27. The monoisotopic (exact) mass is 413 g/mol. The van der Waals surface area contributed by atoms with Gasteiger partial charge in [-0.3, -0.25) is 0 Å². The van der Waals surface area contributed by atoms with Crippen molar-refractivity contribution in [1.82, 2.24) is 10.1 Å². The Balaban J connectivity index is 1.91. The molecule has 1 fully saturated rings. The molecule has 0 spiro atoms. The topological polar surface area (TPSA) is 64.9 Å². The molecule has 1 aliphatic rings. The number of nitrogen functional groups attached to an aromatic ring is 1. The summed E-state index contributed by atoms with van der Waals surface area (Å²) in [4.78, 5) is 4.59. The highest BCUT2D eigenvalue weighted by atomic mass is 79.9. The Morgan fingerprint density at radius 3 is 2.52 bits per heavy atom. The van der Waals surface area contributed by atoms with Crippen molar-refractivity contribution in [1.29, 1.82) is 0 Å². The molecular weight excluding hydrogens is 398 g/mol. The zero-order valence-corrected chi connectivity index (χ0v) is 14.8. The maximum absolute atomic E-state index is 6.10. The fourth-order valence-electron chi connectivity index (χ4n) is 2.81. The van der Waals surface area contributed by atoms with Crippen LogP contribution in [0.15, 0.2) is 25.6 Å². The Bertz CT molecular complexity index is 634. The van der Waals surface area contributed by atoms with E-state index in [0.717, 1.165) is 33.2 Å². The predicted molar refractivity (Wildman–Crippen MR) is 90.0 cm³/mol. The maximum atomic E-state index is 6.10. The summed E-state index contributed by atoms with van der Waals surface area (Å²) >= 11 is 6.91. The molecule has 3 rings (SSSR count). The van der Waals surface area contributed by atoms with Gasteiger partial charge in [-0.25, -0.2) is 0 Å². The number of halogens is 2. The minimum Gasteiger partial charge on any atom is -0.397 e. The summed E-state index contributed by atoms with van der Waals surface area (Å²) in [6.07, 6.45) is 7.42. The molecular formula is C15H17Br2N3O. The lowest BCUT2D eigenvalue weighted by molar-refractivity contribution is 0.410. The van der Waals surface area contributed by atoms with Crippen molar-refractivity contribution < 1.29 is 4.52 Å². The standard InChI is InChI=1S/C15H17Br2N3O/c16-10-7-11(13(18)12(17)8-10)15-19-14(20-21-15)9-5-3-1-2-4-6-9/h7-9H,1-6,18H2. The van der Waals surface area contributed by atoms with E-state index in [1.165, 1.54) is 25.7 Å². The maximum Gasteiger partial charge on any atom is 0.260 e. The molecule has 2 aromatic rings. The van der Waals surface area contributed by atoms with E-state index in [1.54, 1.807) is 0 Å². The van der Waals surface area contributed by atoms with Crippen LogP contribution in [0.1, 0.15) is 50.3 Å². The molecule has 0 amide bonds. The van der Waals surface area contributed by atoms with Crippen LogP contribution in [0, 0.1) is 0 Å². The fourth-order valence-corrected chi connectivity index (χ4v) is 4.03. The highest BCUT2D eigenvalue weighted by Crippen LogP contribution is 2.36. The van der Waals surface area contributed by atoms with Gasteiger partial charge in [0.15, 0.2) is 5.82 Å². The van der Waals surface area contributed by atoms with E-state index in [-0.39, 0.29) is 0 Å². The first-order chi connectivity index (χ1) is 10.1. The van der Waals surface area contributed by atoms with Crippen molar-refractivity contribution in [2.45, 2.75) is 44.4 Å². The molecule has 112 valence electrons. The van der Waals surface area contributed by atoms with Crippen molar-refractivity contribution in [3.8, 4) is 11.5 Å². The SMILES string of the molecule is Nc1c(Br)cc(Br)cc1-c1nc(C2CCCCCC2)no1. The number of aromatic nitrogens is 2. The third-order valence-electron chi connectivity index (χ3n) is 3.99. The van der Waals surface area contributed by atoms with E-state index in [1.807, 2.05) is 12.1 Å². The van der Waals surface area contributed by atoms with Crippen LogP contribution in [0.5, 0.6) is 0 Å². The molecule has 1 aromatic carbocycles. The average molecular weight is 415 g/mol. The van der Waals surface area contributed by atoms with E-state index in [0.29, 0.717) is 17.5 Å². The Morgan fingerprint density at radius 2 is 1.81 bits per heavy atom.